The van der Waals surface area contributed by atoms with Crippen LogP contribution in [0.2, 0.25) is 0 Å². The topological polar surface area (TPSA) is 58.6 Å². The number of allylic oxidation sites excluding steroid dienone is 2. The van der Waals surface area contributed by atoms with Crippen molar-refractivity contribution in [2.24, 2.45) is 5.92 Å². The predicted molar refractivity (Wildman–Crippen MR) is 111 cm³/mol. The van der Waals surface area contributed by atoms with Crippen LogP contribution in [0.5, 0.6) is 11.5 Å². The third-order valence-electron chi connectivity index (χ3n) is 7.01. The van der Waals surface area contributed by atoms with E-state index in [1.807, 2.05) is 13.0 Å². The Kier molecular flexibility index (Phi) is 4.93. The van der Waals surface area contributed by atoms with Crippen LogP contribution in [0.15, 0.2) is 17.7 Å². The van der Waals surface area contributed by atoms with Crippen molar-refractivity contribution in [2.45, 2.75) is 90.2 Å². The highest BCUT2D eigenvalue weighted by Gasteiger charge is 2.46. The first-order valence-electron chi connectivity index (χ1n) is 10.8. The first-order chi connectivity index (χ1) is 13.3. The molecule has 152 valence electrons. The zero-order chi connectivity index (χ0) is 20.1. The van der Waals surface area contributed by atoms with Gasteiger partial charge in [-0.15, -0.1) is 0 Å². The summed E-state index contributed by atoms with van der Waals surface area (Å²) < 4.78 is 6.35. The average Bonchev–Trinajstić information content (AvgIpc) is 2.61. The molecule has 0 radical (unpaired) electrons. The Bertz CT molecular complexity index is 818. The molecular weight excluding hydrogens is 350 g/mol. The van der Waals surface area contributed by atoms with E-state index in [2.05, 4.69) is 32.2 Å². The molecule has 0 bridgehead atoms. The zero-order valence-electron chi connectivity index (χ0n) is 17.6. The lowest BCUT2D eigenvalue weighted by Crippen LogP contribution is -2.45. The lowest BCUT2D eigenvalue weighted by atomic mass is 9.67. The molecule has 0 spiro atoms. The van der Waals surface area contributed by atoms with Crippen molar-refractivity contribution in [3.63, 3.8) is 0 Å². The van der Waals surface area contributed by atoms with Gasteiger partial charge in [0.2, 0.25) is 0 Å². The summed E-state index contributed by atoms with van der Waals surface area (Å²) in [5.41, 5.74) is 3.04. The number of ether oxygens (including phenoxy) is 1. The zero-order valence-corrected chi connectivity index (χ0v) is 17.6. The summed E-state index contributed by atoms with van der Waals surface area (Å²) >= 11 is 0. The summed E-state index contributed by atoms with van der Waals surface area (Å²) in [4.78, 5) is 13.1. The molecule has 4 nitrogen and oxygen atoms in total. The van der Waals surface area contributed by atoms with Crippen LogP contribution >= 0.6 is 0 Å². The van der Waals surface area contributed by atoms with E-state index in [4.69, 9.17) is 4.74 Å². The predicted octanol–water partition coefficient (Wildman–Crippen LogP) is 5.37. The Morgan fingerprint density at radius 1 is 1.18 bits per heavy atom. The average molecular weight is 384 g/mol. The molecule has 1 amide bonds. The molecule has 0 aromatic heterocycles. The molecule has 1 heterocycles. The number of hydrogen-bond acceptors (Lipinski definition) is 3. The van der Waals surface area contributed by atoms with Crippen molar-refractivity contribution in [1.82, 2.24) is 5.32 Å². The van der Waals surface area contributed by atoms with Crippen molar-refractivity contribution in [2.75, 3.05) is 0 Å². The maximum absolute atomic E-state index is 13.1. The van der Waals surface area contributed by atoms with Crippen molar-refractivity contribution in [3.05, 3.63) is 34.4 Å². The number of rotatable bonds is 2. The molecular formula is C24H33NO3. The number of carbonyl (C=O) groups is 1. The normalized spacial score (nSPS) is 26.5. The van der Waals surface area contributed by atoms with Gasteiger partial charge in [-0.2, -0.15) is 0 Å². The maximum atomic E-state index is 13.1. The SMILES string of the molecule is CC1=CC2c3c(cc(C)c(C(=O)NC4CCCCC4)c3O)OC(C)(C)C2CC1. The molecule has 28 heavy (non-hydrogen) atoms. The fourth-order valence-corrected chi connectivity index (χ4v) is 5.47. The van der Waals surface area contributed by atoms with Crippen LogP contribution in [0.1, 0.15) is 93.1 Å². The molecule has 1 aliphatic heterocycles. The quantitative estimate of drug-likeness (QED) is 0.675. The van der Waals surface area contributed by atoms with Crippen LogP contribution in [0.25, 0.3) is 0 Å². The number of phenolic OH excluding ortho intramolecular Hbond substituents is 1. The molecule has 2 unspecified atom stereocenters. The number of hydrogen-bond donors (Lipinski definition) is 2. The van der Waals surface area contributed by atoms with E-state index < -0.39 is 0 Å². The Labute approximate surface area is 168 Å². The van der Waals surface area contributed by atoms with Gasteiger partial charge in [0, 0.05) is 23.4 Å². The van der Waals surface area contributed by atoms with E-state index in [1.54, 1.807) is 0 Å². The highest BCUT2D eigenvalue weighted by atomic mass is 16.5. The van der Waals surface area contributed by atoms with Gasteiger partial charge < -0.3 is 15.2 Å². The number of aromatic hydroxyl groups is 1. The van der Waals surface area contributed by atoms with Gasteiger partial charge in [0.15, 0.2) is 0 Å². The first-order valence-corrected chi connectivity index (χ1v) is 10.8. The molecule has 4 heteroatoms. The Hall–Kier alpha value is -1.97. The summed E-state index contributed by atoms with van der Waals surface area (Å²) in [7, 11) is 0. The first kappa shape index (κ1) is 19.4. The van der Waals surface area contributed by atoms with E-state index in [0.29, 0.717) is 11.5 Å². The van der Waals surface area contributed by atoms with E-state index in [1.165, 1.54) is 12.0 Å². The van der Waals surface area contributed by atoms with Gasteiger partial charge in [-0.3, -0.25) is 4.79 Å². The Morgan fingerprint density at radius 3 is 2.61 bits per heavy atom. The van der Waals surface area contributed by atoms with Gasteiger partial charge in [-0.25, -0.2) is 0 Å². The number of fused-ring (bicyclic) bond motifs is 3. The second kappa shape index (κ2) is 7.13. The molecule has 4 rings (SSSR count). The van der Waals surface area contributed by atoms with Gasteiger partial charge in [0.05, 0.1) is 5.56 Å². The second-order valence-electron chi connectivity index (χ2n) is 9.53. The molecule has 0 saturated heterocycles. The highest BCUT2D eigenvalue weighted by molar-refractivity contribution is 5.99. The number of amides is 1. The fourth-order valence-electron chi connectivity index (χ4n) is 5.47. The summed E-state index contributed by atoms with van der Waals surface area (Å²) in [6.07, 6.45) is 10.0. The van der Waals surface area contributed by atoms with Crippen molar-refractivity contribution in [1.29, 1.82) is 0 Å². The van der Waals surface area contributed by atoms with Gasteiger partial charge in [0.25, 0.3) is 5.91 Å². The van der Waals surface area contributed by atoms with Crippen LogP contribution in [-0.4, -0.2) is 22.7 Å². The monoisotopic (exact) mass is 383 g/mol. The molecule has 1 aromatic carbocycles. The van der Waals surface area contributed by atoms with Crippen LogP contribution in [0.3, 0.4) is 0 Å². The van der Waals surface area contributed by atoms with Crippen LogP contribution < -0.4 is 10.1 Å². The summed E-state index contributed by atoms with van der Waals surface area (Å²) in [6.45, 7) is 8.32. The summed E-state index contributed by atoms with van der Waals surface area (Å²) in [6, 6.07) is 2.16. The van der Waals surface area contributed by atoms with Crippen LogP contribution in [0.4, 0.5) is 0 Å². The number of carbonyl (C=O) groups excluding carboxylic acids is 1. The highest BCUT2D eigenvalue weighted by Crippen LogP contribution is 2.54. The molecule has 2 aliphatic carbocycles. The molecule has 2 N–H and O–H groups in total. The molecule has 1 aromatic rings. The minimum Gasteiger partial charge on any atom is -0.507 e. The summed E-state index contributed by atoms with van der Waals surface area (Å²) in [5.74, 6) is 1.07. The van der Waals surface area contributed by atoms with Gasteiger partial charge in [0.1, 0.15) is 17.1 Å². The van der Waals surface area contributed by atoms with Crippen molar-refractivity contribution in [3.8, 4) is 11.5 Å². The minimum absolute atomic E-state index is 0.0920. The number of nitrogens with one attached hydrogen (secondary N) is 1. The van der Waals surface area contributed by atoms with E-state index in [0.717, 1.165) is 55.4 Å². The fraction of sp³-hybridized carbons (Fsp3) is 0.625. The molecule has 2 atom stereocenters. The standard InChI is InChI=1S/C24H33NO3/c1-14-10-11-18-17(12-14)21-19(28-24(18,3)4)13-15(2)20(22(21)26)23(27)25-16-8-6-5-7-9-16/h12-13,16-18,26H,5-11H2,1-4H3,(H,25,27). The molecule has 1 saturated carbocycles. The number of aryl methyl sites for hydroxylation is 1. The molecule has 3 aliphatic rings. The van der Waals surface area contributed by atoms with Crippen molar-refractivity contribution < 1.29 is 14.6 Å². The lowest BCUT2D eigenvalue weighted by molar-refractivity contribution is 0.0107. The van der Waals surface area contributed by atoms with Gasteiger partial charge in [-0.05, 0) is 65.0 Å². The van der Waals surface area contributed by atoms with Crippen LogP contribution in [0, 0.1) is 12.8 Å². The van der Waals surface area contributed by atoms with E-state index in [9.17, 15) is 9.90 Å². The Balaban J connectivity index is 1.74. The smallest absolute Gasteiger partial charge is 0.255 e. The summed E-state index contributed by atoms with van der Waals surface area (Å²) in [5, 5.41) is 14.4. The van der Waals surface area contributed by atoms with Gasteiger partial charge in [-0.1, -0.05) is 30.9 Å². The molecule has 1 fully saturated rings. The Morgan fingerprint density at radius 2 is 1.89 bits per heavy atom. The van der Waals surface area contributed by atoms with Crippen LogP contribution in [-0.2, 0) is 0 Å². The van der Waals surface area contributed by atoms with Crippen molar-refractivity contribution >= 4 is 5.91 Å². The number of benzene rings is 1. The van der Waals surface area contributed by atoms with E-state index >= 15 is 0 Å². The van der Waals surface area contributed by atoms with Gasteiger partial charge >= 0.3 is 0 Å². The third-order valence-corrected chi connectivity index (χ3v) is 7.01. The lowest BCUT2D eigenvalue weighted by Gasteiger charge is -2.46. The number of phenols is 1. The largest absolute Gasteiger partial charge is 0.507 e. The maximum Gasteiger partial charge on any atom is 0.255 e. The third kappa shape index (κ3) is 3.31. The second-order valence-corrected chi connectivity index (χ2v) is 9.53. The van der Waals surface area contributed by atoms with E-state index in [-0.39, 0.29) is 29.2 Å². The minimum atomic E-state index is -0.292.